The van der Waals surface area contributed by atoms with E-state index < -0.39 is 0 Å². The first-order valence-electron chi connectivity index (χ1n) is 8.97. The maximum absolute atomic E-state index is 4.71. The molecule has 130 valence electrons. The van der Waals surface area contributed by atoms with Gasteiger partial charge in [-0.3, -0.25) is 0 Å². The fourth-order valence-corrected chi connectivity index (χ4v) is 3.87. The number of hydrogen-bond acceptors (Lipinski definition) is 5. The van der Waals surface area contributed by atoms with Crippen molar-refractivity contribution >= 4 is 17.0 Å². The highest BCUT2D eigenvalue weighted by molar-refractivity contribution is 5.83. The van der Waals surface area contributed by atoms with E-state index in [0.717, 1.165) is 35.9 Å². The summed E-state index contributed by atoms with van der Waals surface area (Å²) in [4.78, 5) is 11.7. The number of aryl methyl sites for hydroxylation is 1. The van der Waals surface area contributed by atoms with Gasteiger partial charge >= 0.3 is 0 Å². The van der Waals surface area contributed by atoms with Crippen molar-refractivity contribution in [3.63, 3.8) is 0 Å². The van der Waals surface area contributed by atoms with Crippen molar-refractivity contribution in [2.24, 2.45) is 11.8 Å². The zero-order valence-electron chi connectivity index (χ0n) is 15.1. The molecule has 4 rings (SSSR count). The molecule has 1 saturated heterocycles. The lowest BCUT2D eigenvalue weighted by molar-refractivity contribution is 0.355. The molecule has 2 atom stereocenters. The number of benzene rings is 1. The molecule has 6 heteroatoms. The van der Waals surface area contributed by atoms with E-state index in [4.69, 9.17) is 4.98 Å². The lowest BCUT2D eigenvalue weighted by Gasteiger charge is -2.35. The second kappa shape index (κ2) is 6.43. The SMILES string of the molecule is Cc1nc(N2C[C@H](C)C[C@@H](C)C2)c2nnn(Cc3ccccc3)c2n1. The largest absolute Gasteiger partial charge is 0.354 e. The quantitative estimate of drug-likeness (QED) is 0.736. The number of nitrogens with zero attached hydrogens (tertiary/aromatic N) is 6. The number of fused-ring (bicyclic) bond motifs is 1. The zero-order chi connectivity index (χ0) is 17.4. The van der Waals surface area contributed by atoms with Crippen LogP contribution < -0.4 is 4.90 Å². The fraction of sp³-hybridized carbons (Fsp3) is 0.474. The third kappa shape index (κ3) is 3.21. The van der Waals surface area contributed by atoms with Crippen LogP contribution in [0.3, 0.4) is 0 Å². The Hall–Kier alpha value is -2.50. The van der Waals surface area contributed by atoms with Gasteiger partial charge in [-0.15, -0.1) is 5.10 Å². The molecule has 1 aliphatic rings. The summed E-state index contributed by atoms with van der Waals surface area (Å²) in [6.45, 7) is 9.25. The van der Waals surface area contributed by atoms with Gasteiger partial charge in [0.1, 0.15) is 5.82 Å². The van der Waals surface area contributed by atoms with Crippen molar-refractivity contribution in [1.29, 1.82) is 0 Å². The topological polar surface area (TPSA) is 59.7 Å². The first-order chi connectivity index (χ1) is 12.1. The van der Waals surface area contributed by atoms with Crippen LogP contribution >= 0.6 is 0 Å². The number of aromatic nitrogens is 5. The predicted molar refractivity (Wildman–Crippen MR) is 98.6 cm³/mol. The van der Waals surface area contributed by atoms with E-state index in [9.17, 15) is 0 Å². The Morgan fingerprint density at radius 2 is 1.76 bits per heavy atom. The smallest absolute Gasteiger partial charge is 0.184 e. The molecule has 3 aromatic rings. The average Bonchev–Trinajstić information content (AvgIpc) is 2.97. The summed E-state index contributed by atoms with van der Waals surface area (Å²) >= 11 is 0. The molecule has 0 aliphatic carbocycles. The van der Waals surface area contributed by atoms with Gasteiger partial charge in [0.05, 0.1) is 6.54 Å². The van der Waals surface area contributed by atoms with E-state index in [-0.39, 0.29) is 0 Å². The summed E-state index contributed by atoms with van der Waals surface area (Å²) in [5.74, 6) is 3.02. The maximum Gasteiger partial charge on any atom is 0.184 e. The molecule has 2 aromatic heterocycles. The Labute approximate surface area is 147 Å². The highest BCUT2D eigenvalue weighted by atomic mass is 15.4. The molecular formula is C19H24N6. The Bertz CT molecular complexity index is 862. The van der Waals surface area contributed by atoms with Gasteiger partial charge in [0.15, 0.2) is 17.0 Å². The molecule has 0 unspecified atom stereocenters. The normalized spacial score (nSPS) is 21.0. The molecule has 0 amide bonds. The van der Waals surface area contributed by atoms with Crippen LogP contribution in [0.2, 0.25) is 0 Å². The molecule has 0 N–H and O–H groups in total. The van der Waals surface area contributed by atoms with Gasteiger partial charge in [0.2, 0.25) is 0 Å². The molecule has 3 heterocycles. The molecule has 1 aliphatic heterocycles. The average molecular weight is 336 g/mol. The second-order valence-corrected chi connectivity index (χ2v) is 7.35. The Morgan fingerprint density at radius 3 is 2.48 bits per heavy atom. The number of rotatable bonds is 3. The van der Waals surface area contributed by atoms with Crippen LogP contribution in [0, 0.1) is 18.8 Å². The Morgan fingerprint density at radius 1 is 1.04 bits per heavy atom. The predicted octanol–water partition coefficient (Wildman–Crippen LogP) is 3.06. The summed E-state index contributed by atoms with van der Waals surface area (Å²) < 4.78 is 1.87. The monoisotopic (exact) mass is 336 g/mol. The van der Waals surface area contributed by atoms with Gasteiger partial charge in [-0.25, -0.2) is 14.6 Å². The van der Waals surface area contributed by atoms with Crippen LogP contribution in [0.25, 0.3) is 11.2 Å². The lowest BCUT2D eigenvalue weighted by atomic mass is 9.92. The standard InChI is InChI=1S/C19H24N6/c1-13-9-14(2)11-24(10-13)18-17-19(21-15(3)20-18)25(23-22-17)12-16-7-5-4-6-8-16/h4-8,13-14H,9-12H2,1-3H3/t13-,14-/m1/s1. The Kier molecular flexibility index (Phi) is 4.11. The van der Waals surface area contributed by atoms with E-state index in [1.54, 1.807) is 0 Å². The molecule has 1 fully saturated rings. The molecule has 0 spiro atoms. The first kappa shape index (κ1) is 16.0. The lowest BCUT2D eigenvalue weighted by Crippen LogP contribution is -2.39. The van der Waals surface area contributed by atoms with E-state index in [1.807, 2.05) is 29.8 Å². The van der Waals surface area contributed by atoms with Gasteiger partial charge in [-0.2, -0.15) is 0 Å². The molecular weight excluding hydrogens is 312 g/mol. The number of piperidine rings is 1. The first-order valence-corrected chi connectivity index (χ1v) is 8.97. The van der Waals surface area contributed by atoms with Crippen LogP contribution in [0.4, 0.5) is 5.82 Å². The molecule has 25 heavy (non-hydrogen) atoms. The van der Waals surface area contributed by atoms with Crippen molar-refractivity contribution in [2.75, 3.05) is 18.0 Å². The van der Waals surface area contributed by atoms with Gasteiger partial charge < -0.3 is 4.90 Å². The third-order valence-electron chi connectivity index (χ3n) is 4.80. The van der Waals surface area contributed by atoms with Gasteiger partial charge in [0, 0.05) is 13.1 Å². The zero-order valence-corrected chi connectivity index (χ0v) is 15.1. The minimum absolute atomic E-state index is 0.661. The van der Waals surface area contributed by atoms with E-state index >= 15 is 0 Å². The minimum atomic E-state index is 0.661. The van der Waals surface area contributed by atoms with E-state index in [2.05, 4.69) is 46.2 Å². The van der Waals surface area contributed by atoms with Crippen LogP contribution in [-0.2, 0) is 6.54 Å². The van der Waals surface area contributed by atoms with Gasteiger partial charge in [0.25, 0.3) is 0 Å². The van der Waals surface area contributed by atoms with Crippen LogP contribution in [-0.4, -0.2) is 38.1 Å². The van der Waals surface area contributed by atoms with E-state index in [0.29, 0.717) is 18.4 Å². The summed E-state index contributed by atoms with van der Waals surface area (Å²) in [7, 11) is 0. The maximum atomic E-state index is 4.71. The summed E-state index contributed by atoms with van der Waals surface area (Å²) in [5, 5.41) is 8.79. The molecule has 0 bridgehead atoms. The summed E-state index contributed by atoms with van der Waals surface area (Å²) in [6.07, 6.45) is 1.27. The van der Waals surface area contributed by atoms with Crippen LogP contribution in [0.1, 0.15) is 31.7 Å². The Balaban J connectivity index is 1.74. The van der Waals surface area contributed by atoms with Crippen molar-refractivity contribution in [2.45, 2.75) is 33.7 Å². The molecule has 0 radical (unpaired) electrons. The van der Waals surface area contributed by atoms with Crippen molar-refractivity contribution in [1.82, 2.24) is 25.0 Å². The van der Waals surface area contributed by atoms with Gasteiger partial charge in [-0.05, 0) is 30.7 Å². The fourth-order valence-electron chi connectivity index (χ4n) is 3.87. The van der Waals surface area contributed by atoms with Crippen LogP contribution in [0.15, 0.2) is 30.3 Å². The van der Waals surface area contributed by atoms with Gasteiger partial charge in [-0.1, -0.05) is 49.4 Å². The summed E-state index contributed by atoms with van der Waals surface area (Å²) in [5.41, 5.74) is 2.81. The van der Waals surface area contributed by atoms with Crippen molar-refractivity contribution in [3.8, 4) is 0 Å². The molecule has 0 saturated carbocycles. The third-order valence-corrected chi connectivity index (χ3v) is 4.80. The number of hydrogen-bond donors (Lipinski definition) is 0. The highest BCUT2D eigenvalue weighted by Gasteiger charge is 2.26. The number of anilines is 1. The van der Waals surface area contributed by atoms with E-state index in [1.165, 1.54) is 12.0 Å². The minimum Gasteiger partial charge on any atom is -0.354 e. The summed E-state index contributed by atoms with van der Waals surface area (Å²) in [6, 6.07) is 10.3. The molecule has 1 aromatic carbocycles. The van der Waals surface area contributed by atoms with Crippen molar-refractivity contribution < 1.29 is 0 Å². The van der Waals surface area contributed by atoms with Crippen molar-refractivity contribution in [3.05, 3.63) is 41.7 Å². The van der Waals surface area contributed by atoms with Crippen LogP contribution in [0.5, 0.6) is 0 Å². The highest BCUT2D eigenvalue weighted by Crippen LogP contribution is 2.29. The second-order valence-electron chi connectivity index (χ2n) is 7.35. The molecule has 6 nitrogen and oxygen atoms in total.